The van der Waals surface area contributed by atoms with Crippen molar-refractivity contribution in [2.75, 3.05) is 12.3 Å². The Morgan fingerprint density at radius 3 is 2.61 bits per heavy atom. The number of aromatic nitrogens is 3. The minimum absolute atomic E-state index is 0. The predicted molar refractivity (Wildman–Crippen MR) is 61.0 cm³/mol. The van der Waals surface area contributed by atoms with Crippen LogP contribution in [0.3, 0.4) is 0 Å². The molecule has 1 aliphatic rings. The normalized spacial score (nSPS) is 31.1. The molecule has 2 heterocycles. The summed E-state index contributed by atoms with van der Waals surface area (Å²) in [6, 6.07) is 0. The number of anilines is 1. The quantitative estimate of drug-likeness (QED) is 0.456. The maximum absolute atomic E-state index is 11.5. The van der Waals surface area contributed by atoms with Gasteiger partial charge in [-0.15, -0.1) is 12.4 Å². The van der Waals surface area contributed by atoms with Crippen LogP contribution in [0.1, 0.15) is 6.23 Å². The number of hydrogen-bond donors (Lipinski definition) is 4. The third-order valence-corrected chi connectivity index (χ3v) is 2.54. The summed E-state index contributed by atoms with van der Waals surface area (Å²) in [4.78, 5) is 18.4. The standard InChI is InChI=1S/C8H12N4O5.ClH/c9-7-10-2-12(8(16)11-7)6-5(15)4(14)3(1-13)17-6;/h2-6,13-15H,1H2,(H2,9,11,16);1H/t3-,4-,5-,6-;/m1./s1. The van der Waals surface area contributed by atoms with Gasteiger partial charge in [-0.05, 0) is 0 Å². The fourth-order valence-corrected chi connectivity index (χ4v) is 1.64. The summed E-state index contributed by atoms with van der Waals surface area (Å²) in [5.74, 6) is -0.196. The molecule has 1 aromatic heterocycles. The highest BCUT2D eigenvalue weighted by Gasteiger charge is 2.43. The molecule has 1 aromatic rings. The van der Waals surface area contributed by atoms with Crippen molar-refractivity contribution in [3.05, 3.63) is 16.8 Å². The van der Waals surface area contributed by atoms with E-state index >= 15 is 0 Å². The molecule has 5 N–H and O–H groups in total. The van der Waals surface area contributed by atoms with Gasteiger partial charge in [-0.25, -0.2) is 9.78 Å². The molecule has 1 aliphatic heterocycles. The Balaban J connectivity index is 0.00000162. The Kier molecular flexibility index (Phi) is 4.59. The van der Waals surface area contributed by atoms with Crippen LogP contribution >= 0.6 is 12.4 Å². The third kappa shape index (κ3) is 2.44. The largest absolute Gasteiger partial charge is 0.394 e. The summed E-state index contributed by atoms with van der Waals surface area (Å²) >= 11 is 0. The van der Waals surface area contributed by atoms with Gasteiger partial charge in [0.15, 0.2) is 6.23 Å². The topological polar surface area (TPSA) is 144 Å². The fraction of sp³-hybridized carbons (Fsp3) is 0.625. The Hall–Kier alpha value is -1.26. The number of hydrogen-bond acceptors (Lipinski definition) is 8. The van der Waals surface area contributed by atoms with Gasteiger partial charge in [0.2, 0.25) is 5.95 Å². The van der Waals surface area contributed by atoms with Crippen LogP contribution in [0.5, 0.6) is 0 Å². The molecule has 10 heteroatoms. The monoisotopic (exact) mass is 280 g/mol. The number of halogens is 1. The van der Waals surface area contributed by atoms with E-state index < -0.39 is 36.8 Å². The van der Waals surface area contributed by atoms with Crippen molar-refractivity contribution in [1.82, 2.24) is 14.5 Å². The molecule has 18 heavy (non-hydrogen) atoms. The molecule has 0 aromatic carbocycles. The zero-order valence-electron chi connectivity index (χ0n) is 9.08. The molecule has 0 spiro atoms. The fourth-order valence-electron chi connectivity index (χ4n) is 1.64. The number of nitrogen functional groups attached to an aromatic ring is 1. The molecule has 0 saturated carbocycles. The second kappa shape index (κ2) is 5.59. The van der Waals surface area contributed by atoms with Crippen LogP contribution < -0.4 is 11.4 Å². The SMILES string of the molecule is Cl.Nc1ncn([C@@H]2O[C@H](CO)[C@@H](O)[C@H]2O)c(=O)n1. The molecule has 0 aliphatic carbocycles. The summed E-state index contributed by atoms with van der Waals surface area (Å²) in [7, 11) is 0. The second-order valence-electron chi connectivity index (χ2n) is 3.63. The van der Waals surface area contributed by atoms with Crippen LogP contribution in [-0.2, 0) is 4.74 Å². The maximum Gasteiger partial charge on any atom is 0.354 e. The lowest BCUT2D eigenvalue weighted by Gasteiger charge is -2.16. The van der Waals surface area contributed by atoms with Crippen molar-refractivity contribution in [1.29, 1.82) is 0 Å². The number of nitrogens with two attached hydrogens (primary N) is 1. The summed E-state index contributed by atoms with van der Waals surface area (Å²) in [6.07, 6.45) is -3.67. The molecule has 102 valence electrons. The van der Waals surface area contributed by atoms with Gasteiger partial charge >= 0.3 is 5.69 Å². The van der Waals surface area contributed by atoms with E-state index in [0.717, 1.165) is 10.9 Å². The number of rotatable bonds is 2. The van der Waals surface area contributed by atoms with Crippen molar-refractivity contribution in [3.8, 4) is 0 Å². The molecule has 0 radical (unpaired) electrons. The van der Waals surface area contributed by atoms with Gasteiger partial charge in [0, 0.05) is 0 Å². The molecule has 1 saturated heterocycles. The van der Waals surface area contributed by atoms with Crippen molar-refractivity contribution in [2.45, 2.75) is 24.5 Å². The van der Waals surface area contributed by atoms with Crippen LogP contribution in [0.2, 0.25) is 0 Å². The Morgan fingerprint density at radius 2 is 2.11 bits per heavy atom. The highest BCUT2D eigenvalue weighted by molar-refractivity contribution is 5.85. The van der Waals surface area contributed by atoms with Crippen LogP contribution in [0.4, 0.5) is 5.95 Å². The minimum atomic E-state index is -1.35. The van der Waals surface area contributed by atoms with E-state index in [-0.39, 0.29) is 18.4 Å². The van der Waals surface area contributed by atoms with Gasteiger partial charge < -0.3 is 25.8 Å². The van der Waals surface area contributed by atoms with Crippen LogP contribution in [0, 0.1) is 0 Å². The molecule has 1 fully saturated rings. The van der Waals surface area contributed by atoms with E-state index in [2.05, 4.69) is 9.97 Å². The van der Waals surface area contributed by atoms with Gasteiger partial charge in [-0.2, -0.15) is 4.98 Å². The Labute approximate surface area is 107 Å². The average molecular weight is 281 g/mol. The van der Waals surface area contributed by atoms with Crippen LogP contribution in [0.15, 0.2) is 11.1 Å². The van der Waals surface area contributed by atoms with Crippen molar-refractivity contribution >= 4 is 18.4 Å². The van der Waals surface area contributed by atoms with E-state index in [1.807, 2.05) is 0 Å². The number of aliphatic hydroxyl groups excluding tert-OH is 3. The van der Waals surface area contributed by atoms with Crippen molar-refractivity contribution in [2.24, 2.45) is 0 Å². The summed E-state index contributed by atoms with van der Waals surface area (Å²) < 4.78 is 6.04. The minimum Gasteiger partial charge on any atom is -0.394 e. The molecular weight excluding hydrogens is 268 g/mol. The first-order chi connectivity index (χ1) is 8.04. The maximum atomic E-state index is 11.5. The van der Waals surface area contributed by atoms with Gasteiger partial charge in [-0.3, -0.25) is 4.57 Å². The number of ether oxygens (including phenoxy) is 1. The van der Waals surface area contributed by atoms with E-state index in [0.29, 0.717) is 0 Å². The van der Waals surface area contributed by atoms with Gasteiger partial charge in [0.25, 0.3) is 0 Å². The van der Waals surface area contributed by atoms with E-state index in [1.54, 1.807) is 0 Å². The molecule has 0 bridgehead atoms. The lowest BCUT2D eigenvalue weighted by molar-refractivity contribution is -0.0554. The van der Waals surface area contributed by atoms with E-state index in [9.17, 15) is 15.0 Å². The molecule has 4 atom stereocenters. The Bertz CT molecular complexity index is 469. The first-order valence-electron chi connectivity index (χ1n) is 4.87. The number of nitrogens with zero attached hydrogens (tertiary/aromatic N) is 3. The summed E-state index contributed by atoms with van der Waals surface area (Å²) in [6.45, 7) is -0.473. The van der Waals surface area contributed by atoms with E-state index in [4.69, 9.17) is 15.6 Å². The van der Waals surface area contributed by atoms with Gasteiger partial charge in [0.1, 0.15) is 24.6 Å². The number of aliphatic hydroxyl groups is 3. The zero-order valence-corrected chi connectivity index (χ0v) is 9.90. The molecule has 9 nitrogen and oxygen atoms in total. The van der Waals surface area contributed by atoms with E-state index in [1.165, 1.54) is 0 Å². The predicted octanol–water partition coefficient (Wildman–Crippen LogP) is -2.75. The van der Waals surface area contributed by atoms with Gasteiger partial charge in [-0.1, -0.05) is 0 Å². The Morgan fingerprint density at radius 1 is 1.44 bits per heavy atom. The average Bonchev–Trinajstić information content (AvgIpc) is 2.57. The third-order valence-electron chi connectivity index (χ3n) is 2.54. The summed E-state index contributed by atoms with van der Waals surface area (Å²) in [5.41, 5.74) is 4.46. The van der Waals surface area contributed by atoms with Gasteiger partial charge in [0.05, 0.1) is 6.61 Å². The smallest absolute Gasteiger partial charge is 0.354 e. The van der Waals surface area contributed by atoms with Crippen LogP contribution in [0.25, 0.3) is 0 Å². The second-order valence-corrected chi connectivity index (χ2v) is 3.63. The summed E-state index contributed by atoms with van der Waals surface area (Å²) in [5, 5.41) is 28.1. The first kappa shape index (κ1) is 14.8. The molecule has 2 rings (SSSR count). The lowest BCUT2D eigenvalue weighted by atomic mass is 10.1. The molecule has 0 amide bonds. The van der Waals surface area contributed by atoms with Crippen molar-refractivity contribution in [3.63, 3.8) is 0 Å². The zero-order chi connectivity index (χ0) is 12.6. The first-order valence-corrected chi connectivity index (χ1v) is 4.87. The van der Waals surface area contributed by atoms with Crippen molar-refractivity contribution < 1.29 is 20.1 Å². The highest BCUT2D eigenvalue weighted by Crippen LogP contribution is 2.27. The molecule has 0 unspecified atom stereocenters. The molecular formula is C8H13ClN4O5. The van der Waals surface area contributed by atoms with Crippen LogP contribution in [-0.4, -0.2) is 54.8 Å². The lowest BCUT2D eigenvalue weighted by Crippen LogP contribution is -2.36. The highest BCUT2D eigenvalue weighted by atomic mass is 35.5.